The minimum absolute atomic E-state index is 1.29. The van der Waals surface area contributed by atoms with E-state index in [1.807, 2.05) is 0 Å². The minimum atomic E-state index is 1.29. The summed E-state index contributed by atoms with van der Waals surface area (Å²) in [5.74, 6) is 0. The molecule has 0 bridgehead atoms. The zero-order chi connectivity index (χ0) is 16.8. The summed E-state index contributed by atoms with van der Waals surface area (Å²) in [5.41, 5.74) is 1.68. The van der Waals surface area contributed by atoms with E-state index in [0.717, 1.165) is 0 Å². The average Bonchev–Trinajstić information content (AvgIpc) is 2.73. The molecule has 0 aromatic rings. The molecule has 3 heteroatoms. The van der Waals surface area contributed by atoms with Crippen molar-refractivity contribution in [2.45, 2.75) is 97.3 Å². The van der Waals surface area contributed by atoms with Crippen molar-refractivity contribution in [2.75, 3.05) is 0 Å². The van der Waals surface area contributed by atoms with Gasteiger partial charge in [-0.2, -0.15) is 0 Å². The van der Waals surface area contributed by atoms with Gasteiger partial charge in [0.15, 0.2) is 0 Å². The Morgan fingerprint density at radius 1 is 0.875 bits per heavy atom. The summed E-state index contributed by atoms with van der Waals surface area (Å²) < 4.78 is 1.64. The van der Waals surface area contributed by atoms with Crippen LogP contribution in [0, 0.1) is 0 Å². The smallest absolute Gasteiger partial charge is 0.0591 e. The molecule has 1 aliphatic heterocycles. The quantitative estimate of drug-likeness (QED) is 0.467. The van der Waals surface area contributed by atoms with E-state index < -0.39 is 0 Å². The first-order valence-corrected chi connectivity index (χ1v) is 12.4. The molecule has 0 saturated heterocycles. The molecular weight excluding hydrogens is 348 g/mol. The van der Waals surface area contributed by atoms with E-state index >= 15 is 0 Å². The van der Waals surface area contributed by atoms with E-state index in [9.17, 15) is 0 Å². The van der Waals surface area contributed by atoms with Gasteiger partial charge in [-0.1, -0.05) is 67.0 Å². The number of unbranched alkanes of at least 4 members (excludes halogenated alkanes) is 1. The molecule has 0 fully saturated rings. The summed E-state index contributed by atoms with van der Waals surface area (Å²) in [6.45, 7) is 4.71. The van der Waals surface area contributed by atoms with Gasteiger partial charge >= 0.3 is 0 Å². The van der Waals surface area contributed by atoms with Gasteiger partial charge in [-0.3, -0.25) is 0 Å². The number of thioether (sulfide) groups is 3. The summed E-state index contributed by atoms with van der Waals surface area (Å²) in [5, 5.41) is 0. The van der Waals surface area contributed by atoms with Gasteiger partial charge in [-0.05, 0) is 76.0 Å². The van der Waals surface area contributed by atoms with Crippen molar-refractivity contribution < 1.29 is 0 Å². The van der Waals surface area contributed by atoms with Gasteiger partial charge in [0, 0.05) is 14.7 Å². The zero-order valence-electron chi connectivity index (χ0n) is 15.4. The second-order valence-electron chi connectivity index (χ2n) is 7.29. The van der Waals surface area contributed by atoms with Crippen molar-refractivity contribution in [1.29, 1.82) is 0 Å². The van der Waals surface area contributed by atoms with E-state index in [4.69, 9.17) is 0 Å². The highest BCUT2D eigenvalue weighted by atomic mass is 32.2. The lowest BCUT2D eigenvalue weighted by Gasteiger charge is -2.15. The monoisotopic (exact) mass is 380 g/mol. The molecule has 3 rings (SSSR count). The van der Waals surface area contributed by atoms with Crippen molar-refractivity contribution in [3.63, 3.8) is 0 Å². The highest BCUT2D eigenvalue weighted by Crippen LogP contribution is 2.57. The van der Waals surface area contributed by atoms with E-state index in [-0.39, 0.29) is 0 Å². The van der Waals surface area contributed by atoms with Gasteiger partial charge < -0.3 is 0 Å². The van der Waals surface area contributed by atoms with Gasteiger partial charge in [-0.25, -0.2) is 0 Å². The maximum Gasteiger partial charge on any atom is 0.0591 e. The lowest BCUT2D eigenvalue weighted by Crippen LogP contribution is -1.88. The first-order chi connectivity index (χ1) is 11.8. The molecule has 0 unspecified atom stereocenters. The largest absolute Gasteiger partial charge is 0.0973 e. The molecule has 3 aliphatic rings. The van der Waals surface area contributed by atoms with Crippen LogP contribution in [-0.4, -0.2) is 0 Å². The number of rotatable bonds is 5. The number of allylic oxidation sites excluding steroid dienone is 5. The van der Waals surface area contributed by atoms with Crippen molar-refractivity contribution in [2.24, 2.45) is 0 Å². The fraction of sp³-hybridized carbons (Fsp3) is 0.714. The highest BCUT2D eigenvalue weighted by molar-refractivity contribution is 8.29. The number of hydrogen-bond acceptors (Lipinski definition) is 3. The summed E-state index contributed by atoms with van der Waals surface area (Å²) >= 11 is 6.45. The number of hydrogen-bond donors (Lipinski definition) is 0. The molecule has 2 aliphatic carbocycles. The third kappa shape index (κ3) is 5.14. The third-order valence-corrected chi connectivity index (χ3v) is 9.81. The van der Waals surface area contributed by atoms with Crippen LogP contribution in [0.15, 0.2) is 29.4 Å². The van der Waals surface area contributed by atoms with Crippen LogP contribution in [0.3, 0.4) is 0 Å². The fourth-order valence-electron chi connectivity index (χ4n) is 3.63. The second-order valence-corrected chi connectivity index (χ2v) is 11.0. The van der Waals surface area contributed by atoms with Crippen LogP contribution in [0.5, 0.6) is 0 Å². The van der Waals surface area contributed by atoms with E-state index in [0.29, 0.717) is 0 Å². The fourth-order valence-corrected chi connectivity index (χ4v) is 8.10. The first-order valence-electron chi connectivity index (χ1n) is 9.95. The molecule has 0 amide bonds. The minimum Gasteiger partial charge on any atom is -0.0973 e. The maximum absolute atomic E-state index is 2.39. The van der Waals surface area contributed by atoms with Crippen LogP contribution in [0.1, 0.15) is 97.3 Å². The van der Waals surface area contributed by atoms with Crippen LogP contribution in [-0.2, 0) is 0 Å². The lowest BCUT2D eigenvalue weighted by atomic mass is 10.2. The molecule has 0 nitrogen and oxygen atoms in total. The Morgan fingerprint density at radius 3 is 2.17 bits per heavy atom. The Kier molecular flexibility index (Phi) is 7.80. The average molecular weight is 381 g/mol. The molecule has 0 aromatic heterocycles. The predicted molar refractivity (Wildman–Crippen MR) is 115 cm³/mol. The van der Waals surface area contributed by atoms with Crippen LogP contribution < -0.4 is 0 Å². The predicted octanol–water partition coefficient (Wildman–Crippen LogP) is 8.97. The van der Waals surface area contributed by atoms with Crippen LogP contribution in [0.2, 0.25) is 0 Å². The van der Waals surface area contributed by atoms with Crippen molar-refractivity contribution in [3.8, 4) is 0 Å². The summed E-state index contributed by atoms with van der Waals surface area (Å²) in [6.07, 6.45) is 17.7. The summed E-state index contributed by atoms with van der Waals surface area (Å²) in [4.78, 5) is 6.83. The Hall–Kier alpha value is 0.270. The van der Waals surface area contributed by atoms with E-state index in [1.54, 1.807) is 29.4 Å². The van der Waals surface area contributed by atoms with Crippen LogP contribution >= 0.6 is 35.3 Å². The molecule has 0 radical (unpaired) electrons. The van der Waals surface area contributed by atoms with Gasteiger partial charge in [-0.15, -0.1) is 0 Å². The van der Waals surface area contributed by atoms with Gasteiger partial charge in [0.1, 0.15) is 0 Å². The van der Waals surface area contributed by atoms with Gasteiger partial charge in [0.2, 0.25) is 0 Å². The van der Waals surface area contributed by atoms with Crippen molar-refractivity contribution in [3.05, 3.63) is 29.4 Å². The van der Waals surface area contributed by atoms with Crippen molar-refractivity contribution in [1.82, 2.24) is 0 Å². The Balaban J connectivity index is 1.76. The zero-order valence-corrected chi connectivity index (χ0v) is 17.9. The normalized spacial score (nSPS) is 22.5. The molecular formula is C21H32S3. The third-order valence-electron chi connectivity index (χ3n) is 5.21. The molecule has 0 saturated carbocycles. The van der Waals surface area contributed by atoms with Gasteiger partial charge in [0.05, 0.1) is 4.24 Å². The molecule has 1 heterocycles. The van der Waals surface area contributed by atoms with E-state index in [1.165, 1.54) is 83.5 Å². The van der Waals surface area contributed by atoms with E-state index in [2.05, 4.69) is 49.1 Å². The highest BCUT2D eigenvalue weighted by Gasteiger charge is 2.25. The molecule has 0 spiro atoms. The standard InChI is InChI=1S/C21H32S3/c1-3-4-12-20(22-17-13-8-5-7-11-16(17)2)21-23-18-14-9-6-10-15-19(18)24-21/h3-15H2,1-2H3. The molecule has 0 N–H and O–H groups in total. The van der Waals surface area contributed by atoms with Crippen LogP contribution in [0.4, 0.5) is 0 Å². The molecule has 0 atom stereocenters. The van der Waals surface area contributed by atoms with Crippen LogP contribution in [0.25, 0.3) is 0 Å². The SMILES string of the molecule is CCCCC(SC1=C(C)CCCCC1)=C1SC2=C(CCCCC2)S1. The Bertz CT molecular complexity index is 519. The lowest BCUT2D eigenvalue weighted by molar-refractivity contribution is 0.710. The maximum atomic E-state index is 2.39. The Morgan fingerprint density at radius 2 is 1.50 bits per heavy atom. The molecule has 24 heavy (non-hydrogen) atoms. The summed E-state index contributed by atoms with van der Waals surface area (Å²) in [7, 11) is 0. The summed E-state index contributed by atoms with van der Waals surface area (Å²) in [6, 6.07) is 0. The second kappa shape index (κ2) is 9.83. The first kappa shape index (κ1) is 19.0. The van der Waals surface area contributed by atoms with Gasteiger partial charge in [0.25, 0.3) is 0 Å². The molecule has 134 valence electrons. The van der Waals surface area contributed by atoms with Crippen molar-refractivity contribution >= 4 is 35.3 Å². The molecule has 0 aromatic carbocycles. The topological polar surface area (TPSA) is 0 Å². The Labute approximate surface area is 161 Å².